The Morgan fingerprint density at radius 3 is 2.61 bits per heavy atom. The number of piperidine rings is 1. The van der Waals surface area contributed by atoms with Crippen LogP contribution in [-0.4, -0.2) is 50.0 Å². The third-order valence-electron chi connectivity index (χ3n) is 5.86. The van der Waals surface area contributed by atoms with Crippen molar-refractivity contribution < 1.29 is 22.7 Å². The van der Waals surface area contributed by atoms with E-state index in [1.807, 2.05) is 32.0 Å². The molecule has 1 unspecified atom stereocenters. The molecule has 2 atom stereocenters. The van der Waals surface area contributed by atoms with E-state index < -0.39 is 11.7 Å². The van der Waals surface area contributed by atoms with Crippen LogP contribution in [0.15, 0.2) is 48.9 Å². The van der Waals surface area contributed by atoms with E-state index in [1.54, 1.807) is 17.3 Å². The quantitative estimate of drug-likeness (QED) is 0.569. The average Bonchev–Trinajstić information content (AvgIpc) is 3.32. The summed E-state index contributed by atoms with van der Waals surface area (Å²) < 4.78 is 44.1. The smallest absolute Gasteiger partial charge is 0.417 e. The van der Waals surface area contributed by atoms with Gasteiger partial charge in [0, 0.05) is 18.8 Å². The maximum Gasteiger partial charge on any atom is 0.417 e. The summed E-state index contributed by atoms with van der Waals surface area (Å²) in [7, 11) is 0. The highest BCUT2D eigenvalue weighted by Gasteiger charge is 2.35. The number of alkyl halides is 3. The Balaban J connectivity index is 1.55. The van der Waals surface area contributed by atoms with Gasteiger partial charge in [0.15, 0.2) is 0 Å². The molecule has 1 fully saturated rings. The molecule has 33 heavy (non-hydrogen) atoms. The summed E-state index contributed by atoms with van der Waals surface area (Å²) in [6, 6.07) is 7.40. The van der Waals surface area contributed by atoms with Crippen LogP contribution in [0.4, 0.5) is 13.2 Å². The Morgan fingerprint density at radius 1 is 1.18 bits per heavy atom. The molecule has 4 rings (SSSR count). The Kier molecular flexibility index (Phi) is 6.35. The van der Waals surface area contributed by atoms with Crippen LogP contribution in [0.3, 0.4) is 0 Å². The van der Waals surface area contributed by atoms with Crippen molar-refractivity contribution >= 4 is 5.91 Å². The van der Waals surface area contributed by atoms with Crippen molar-refractivity contribution in [3.8, 4) is 11.6 Å². The zero-order valence-electron chi connectivity index (χ0n) is 18.3. The topological polar surface area (TPSA) is 73.1 Å². The Bertz CT molecular complexity index is 1100. The molecule has 174 valence electrons. The van der Waals surface area contributed by atoms with Crippen LogP contribution >= 0.6 is 0 Å². The maximum absolute atomic E-state index is 13.7. The number of rotatable bonds is 5. The Morgan fingerprint density at radius 2 is 1.94 bits per heavy atom. The lowest BCUT2D eigenvalue weighted by molar-refractivity contribution is -0.137. The van der Waals surface area contributed by atoms with Gasteiger partial charge in [0.25, 0.3) is 5.91 Å². The lowest BCUT2D eigenvalue weighted by Gasteiger charge is -2.40. The van der Waals surface area contributed by atoms with Gasteiger partial charge in [0.05, 0.1) is 35.2 Å². The van der Waals surface area contributed by atoms with E-state index in [4.69, 9.17) is 4.74 Å². The van der Waals surface area contributed by atoms with Crippen LogP contribution in [0.2, 0.25) is 0 Å². The first-order valence-corrected chi connectivity index (χ1v) is 10.7. The molecule has 3 aromatic rings. The molecule has 0 radical (unpaired) electrons. The molecule has 1 aliphatic heterocycles. The number of amides is 1. The second kappa shape index (κ2) is 9.21. The number of halogens is 3. The van der Waals surface area contributed by atoms with Crippen molar-refractivity contribution in [2.45, 2.75) is 38.9 Å². The molecule has 1 aliphatic rings. The lowest BCUT2D eigenvalue weighted by atomic mass is 9.90. The molecule has 0 aliphatic carbocycles. The van der Waals surface area contributed by atoms with Gasteiger partial charge in [-0.05, 0) is 43.9 Å². The fraction of sp³-hybridized carbons (Fsp3) is 0.391. The van der Waals surface area contributed by atoms with Crippen LogP contribution in [0, 0.1) is 12.8 Å². The monoisotopic (exact) mass is 459 g/mol. The summed E-state index contributed by atoms with van der Waals surface area (Å²) in [6.45, 7) is 4.64. The van der Waals surface area contributed by atoms with Crippen LogP contribution in [0.1, 0.15) is 41.3 Å². The molecule has 10 heteroatoms. The number of ether oxygens (including phenoxy) is 1. The molecule has 2 aromatic heterocycles. The van der Waals surface area contributed by atoms with Gasteiger partial charge in [-0.3, -0.25) is 4.79 Å². The number of hydrogen-bond donors (Lipinski definition) is 0. The van der Waals surface area contributed by atoms with E-state index in [0.29, 0.717) is 17.8 Å². The van der Waals surface area contributed by atoms with Crippen LogP contribution < -0.4 is 4.74 Å². The van der Waals surface area contributed by atoms with Crippen molar-refractivity contribution in [3.63, 3.8) is 0 Å². The predicted octanol–water partition coefficient (Wildman–Crippen LogP) is 4.31. The Hall–Kier alpha value is -3.43. The van der Waals surface area contributed by atoms with Gasteiger partial charge in [0.1, 0.15) is 6.61 Å². The van der Waals surface area contributed by atoms with E-state index in [1.165, 1.54) is 10.9 Å². The average molecular weight is 459 g/mol. The second-order valence-electron chi connectivity index (χ2n) is 8.22. The minimum Gasteiger partial charge on any atom is -0.475 e. The summed E-state index contributed by atoms with van der Waals surface area (Å²) in [6.07, 6.45) is 1.15. The van der Waals surface area contributed by atoms with Gasteiger partial charge in [0.2, 0.25) is 5.88 Å². The number of likely N-dealkylation sites (tertiary alicyclic amines) is 1. The highest BCUT2D eigenvalue weighted by atomic mass is 19.4. The number of nitrogens with zero attached hydrogens (tertiary/aromatic N) is 5. The van der Waals surface area contributed by atoms with Gasteiger partial charge >= 0.3 is 6.18 Å². The number of benzene rings is 1. The van der Waals surface area contributed by atoms with Gasteiger partial charge in [-0.1, -0.05) is 18.6 Å². The number of carbonyl (C=O) groups is 1. The zero-order chi connectivity index (χ0) is 23.6. The summed E-state index contributed by atoms with van der Waals surface area (Å²) >= 11 is 0. The molecular formula is C23H24F3N5O2. The number of carbonyl (C=O) groups excluding carboxylic acids is 1. The summed E-state index contributed by atoms with van der Waals surface area (Å²) in [4.78, 5) is 20.6. The van der Waals surface area contributed by atoms with Gasteiger partial charge < -0.3 is 9.64 Å². The number of aryl methyl sites for hydroxylation is 1. The summed E-state index contributed by atoms with van der Waals surface area (Å²) in [5, 5.41) is 8.32. The molecular weight excluding hydrogens is 435 g/mol. The number of aromatic nitrogens is 4. The largest absolute Gasteiger partial charge is 0.475 e. The van der Waals surface area contributed by atoms with Crippen molar-refractivity contribution in [1.82, 2.24) is 24.9 Å². The van der Waals surface area contributed by atoms with Crippen LogP contribution in [0.5, 0.6) is 5.88 Å². The first kappa shape index (κ1) is 22.8. The van der Waals surface area contributed by atoms with Gasteiger partial charge in [-0.25, -0.2) is 4.98 Å². The fourth-order valence-electron chi connectivity index (χ4n) is 4.05. The third-order valence-corrected chi connectivity index (χ3v) is 5.86. The minimum atomic E-state index is -4.46. The molecule has 7 nitrogen and oxygen atoms in total. The molecule has 1 saturated heterocycles. The predicted molar refractivity (Wildman–Crippen MR) is 114 cm³/mol. The second-order valence-corrected chi connectivity index (χ2v) is 8.22. The highest BCUT2D eigenvalue weighted by Crippen LogP contribution is 2.30. The molecule has 1 aromatic carbocycles. The van der Waals surface area contributed by atoms with E-state index in [9.17, 15) is 18.0 Å². The first-order chi connectivity index (χ1) is 15.7. The third kappa shape index (κ3) is 4.99. The van der Waals surface area contributed by atoms with Crippen molar-refractivity contribution in [2.24, 2.45) is 5.92 Å². The summed E-state index contributed by atoms with van der Waals surface area (Å²) in [5.74, 6) is 0.0740. The first-order valence-electron chi connectivity index (χ1n) is 10.7. The Labute approximate surface area is 189 Å². The maximum atomic E-state index is 13.7. The highest BCUT2D eigenvalue weighted by molar-refractivity contribution is 5.98. The molecule has 1 amide bonds. The lowest BCUT2D eigenvalue weighted by Crippen LogP contribution is -2.50. The van der Waals surface area contributed by atoms with Gasteiger partial charge in [-0.15, -0.1) is 0 Å². The zero-order valence-corrected chi connectivity index (χ0v) is 18.3. The molecule has 0 bridgehead atoms. The van der Waals surface area contributed by atoms with Gasteiger partial charge in [-0.2, -0.15) is 28.2 Å². The van der Waals surface area contributed by atoms with E-state index in [0.717, 1.165) is 30.7 Å². The van der Waals surface area contributed by atoms with E-state index >= 15 is 0 Å². The standard InChI is InChI=1S/C23H24F3N5O2/c1-15-5-7-19(31-28-9-10-29-31)18(12-15)22(32)30-11-3-4-16(2)20(30)14-33-21-8-6-17(13-27-21)23(24,25)26/h5-10,12-13,16,20H,3-4,11,14H2,1-2H3/t16-,20?/m1/s1. The van der Waals surface area contributed by atoms with Crippen LogP contribution in [-0.2, 0) is 6.18 Å². The number of hydrogen-bond acceptors (Lipinski definition) is 5. The SMILES string of the molecule is Cc1ccc(-n2nccn2)c(C(=O)N2CCC[C@@H](C)C2COc2ccc(C(F)(F)F)cn2)c1. The van der Waals surface area contributed by atoms with Crippen molar-refractivity contribution in [3.05, 3.63) is 65.6 Å². The molecule has 3 heterocycles. The van der Waals surface area contributed by atoms with Crippen LogP contribution in [0.25, 0.3) is 5.69 Å². The van der Waals surface area contributed by atoms with Crippen molar-refractivity contribution in [2.75, 3.05) is 13.2 Å². The fourth-order valence-corrected chi connectivity index (χ4v) is 4.05. The molecule has 0 N–H and O–H groups in total. The summed E-state index contributed by atoms with van der Waals surface area (Å²) in [5.41, 5.74) is 1.16. The normalized spacial score (nSPS) is 18.9. The molecule has 0 saturated carbocycles. The van der Waals surface area contributed by atoms with E-state index in [-0.39, 0.29) is 30.4 Å². The van der Waals surface area contributed by atoms with E-state index in [2.05, 4.69) is 15.2 Å². The number of pyridine rings is 1. The van der Waals surface area contributed by atoms with Crippen molar-refractivity contribution in [1.29, 1.82) is 0 Å². The molecule has 0 spiro atoms. The minimum absolute atomic E-state index is 0.0881.